The van der Waals surface area contributed by atoms with Crippen LogP contribution in [0.2, 0.25) is 5.02 Å². The van der Waals surface area contributed by atoms with Gasteiger partial charge in [-0.05, 0) is 24.5 Å². The van der Waals surface area contributed by atoms with Crippen LogP contribution in [0, 0.1) is 11.6 Å². The molecule has 0 atom stereocenters. The topological polar surface area (TPSA) is 50.8 Å². The van der Waals surface area contributed by atoms with Gasteiger partial charge >= 0.3 is 0 Å². The minimum Gasteiger partial charge on any atom is -0.495 e. The number of fused-ring (bicyclic) bond motifs is 1. The van der Waals surface area contributed by atoms with Crippen LogP contribution in [-0.2, 0) is 11.2 Å². The van der Waals surface area contributed by atoms with Gasteiger partial charge in [-0.15, -0.1) is 0 Å². The molecule has 0 aliphatic carbocycles. The summed E-state index contributed by atoms with van der Waals surface area (Å²) in [5.41, 5.74) is 1.64. The molecule has 2 aromatic carbocycles. The monoisotopic (exact) mass is 396 g/mol. The molecule has 2 aromatic rings. The Balaban J connectivity index is 1.79. The molecule has 0 unspecified atom stereocenters. The molecule has 1 amide bonds. The van der Waals surface area contributed by atoms with Gasteiger partial charge < -0.3 is 19.7 Å². The molecule has 0 fully saturated rings. The highest BCUT2D eigenvalue weighted by atomic mass is 35.5. The first kappa shape index (κ1) is 19.2. The van der Waals surface area contributed by atoms with Crippen LogP contribution < -0.4 is 19.7 Å². The summed E-state index contributed by atoms with van der Waals surface area (Å²) in [5, 5.41) is 3.11. The highest BCUT2D eigenvalue weighted by Gasteiger charge is 2.22. The fourth-order valence-electron chi connectivity index (χ4n) is 3.14. The van der Waals surface area contributed by atoms with Crippen LogP contribution >= 0.6 is 11.6 Å². The van der Waals surface area contributed by atoms with Gasteiger partial charge in [-0.25, -0.2) is 8.78 Å². The third-order valence-corrected chi connectivity index (χ3v) is 4.71. The van der Waals surface area contributed by atoms with E-state index in [1.54, 1.807) is 17.0 Å². The van der Waals surface area contributed by atoms with Gasteiger partial charge in [0.25, 0.3) is 0 Å². The number of aryl methyl sites for hydroxylation is 1. The summed E-state index contributed by atoms with van der Waals surface area (Å²) in [6.07, 6.45) is 1.40. The Bertz CT molecular complexity index is 877. The summed E-state index contributed by atoms with van der Waals surface area (Å²) in [6, 6.07) is 5.45. The first-order chi connectivity index (χ1) is 12.9. The number of carbonyl (C=O) groups excluding carboxylic acids is 1. The van der Waals surface area contributed by atoms with Crippen molar-refractivity contribution in [3.63, 3.8) is 0 Å². The molecule has 0 bridgehead atoms. The predicted molar refractivity (Wildman–Crippen MR) is 100 cm³/mol. The van der Waals surface area contributed by atoms with Gasteiger partial charge in [0.1, 0.15) is 11.5 Å². The standard InChI is InChI=1S/C19H19ClF2N2O3/c1-26-17-9-15(18(27-2)7-12(17)20)23-19(25)10-24-5-3-4-11-6-13(21)14(22)8-16(11)24/h6-9H,3-5,10H2,1-2H3,(H,23,25). The molecule has 3 rings (SSSR count). The highest BCUT2D eigenvalue weighted by molar-refractivity contribution is 6.32. The Morgan fingerprint density at radius 2 is 1.85 bits per heavy atom. The van der Waals surface area contributed by atoms with E-state index in [2.05, 4.69) is 5.32 Å². The zero-order chi connectivity index (χ0) is 19.6. The lowest BCUT2D eigenvalue weighted by Gasteiger charge is -2.31. The van der Waals surface area contributed by atoms with E-state index in [9.17, 15) is 13.6 Å². The van der Waals surface area contributed by atoms with E-state index < -0.39 is 11.6 Å². The van der Waals surface area contributed by atoms with Gasteiger partial charge in [0.2, 0.25) is 5.91 Å². The van der Waals surface area contributed by atoms with Crippen molar-refractivity contribution in [2.75, 3.05) is 37.5 Å². The lowest BCUT2D eigenvalue weighted by Crippen LogP contribution is -2.37. The van der Waals surface area contributed by atoms with E-state index in [4.69, 9.17) is 21.1 Å². The summed E-state index contributed by atoms with van der Waals surface area (Å²) < 4.78 is 37.5. The van der Waals surface area contributed by atoms with Crippen molar-refractivity contribution in [1.82, 2.24) is 0 Å². The second-order valence-electron chi connectivity index (χ2n) is 6.16. The number of methoxy groups -OCH3 is 2. The predicted octanol–water partition coefficient (Wildman–Crippen LogP) is 4.03. The highest BCUT2D eigenvalue weighted by Crippen LogP contribution is 2.36. The summed E-state index contributed by atoms with van der Waals surface area (Å²) in [7, 11) is 2.93. The van der Waals surface area contributed by atoms with Crippen LogP contribution in [0.3, 0.4) is 0 Å². The molecule has 1 aliphatic rings. The van der Waals surface area contributed by atoms with Crippen LogP contribution in [0.15, 0.2) is 24.3 Å². The first-order valence-electron chi connectivity index (χ1n) is 8.37. The molecule has 0 aromatic heterocycles. The zero-order valence-electron chi connectivity index (χ0n) is 14.9. The van der Waals surface area contributed by atoms with E-state index >= 15 is 0 Å². The second-order valence-corrected chi connectivity index (χ2v) is 6.56. The van der Waals surface area contributed by atoms with Gasteiger partial charge in [0.05, 0.1) is 31.5 Å². The van der Waals surface area contributed by atoms with Crippen LogP contribution in [0.4, 0.5) is 20.2 Å². The van der Waals surface area contributed by atoms with Crippen LogP contribution in [0.1, 0.15) is 12.0 Å². The Morgan fingerprint density at radius 1 is 1.15 bits per heavy atom. The van der Waals surface area contributed by atoms with Gasteiger partial charge in [-0.2, -0.15) is 0 Å². The van der Waals surface area contributed by atoms with E-state index in [0.29, 0.717) is 46.4 Å². The van der Waals surface area contributed by atoms with Gasteiger partial charge in [-0.1, -0.05) is 11.6 Å². The molecular formula is C19H19ClF2N2O3. The molecule has 5 nitrogen and oxygen atoms in total. The molecular weight excluding hydrogens is 378 g/mol. The number of hydrogen-bond acceptors (Lipinski definition) is 4. The van der Waals surface area contributed by atoms with Crippen molar-refractivity contribution < 1.29 is 23.0 Å². The number of benzene rings is 2. The average Bonchev–Trinajstić information content (AvgIpc) is 2.64. The maximum absolute atomic E-state index is 13.6. The Kier molecular flexibility index (Phi) is 5.70. The molecule has 144 valence electrons. The molecule has 1 heterocycles. The third kappa shape index (κ3) is 4.08. The number of anilines is 2. The zero-order valence-corrected chi connectivity index (χ0v) is 15.7. The number of nitrogens with zero attached hydrogens (tertiary/aromatic N) is 1. The second kappa shape index (κ2) is 8.00. The number of halogens is 3. The summed E-state index contributed by atoms with van der Waals surface area (Å²) in [4.78, 5) is 14.3. The van der Waals surface area contributed by atoms with Gasteiger partial charge in [0.15, 0.2) is 11.6 Å². The Hall–Kier alpha value is -2.54. The van der Waals surface area contributed by atoms with Crippen molar-refractivity contribution in [3.05, 3.63) is 46.5 Å². The summed E-state index contributed by atoms with van der Waals surface area (Å²) >= 11 is 6.06. The number of carbonyl (C=O) groups is 1. The molecule has 27 heavy (non-hydrogen) atoms. The van der Waals surface area contributed by atoms with E-state index in [0.717, 1.165) is 12.5 Å². The minimum absolute atomic E-state index is 0.00777. The van der Waals surface area contributed by atoms with E-state index in [1.165, 1.54) is 20.3 Å². The molecule has 0 radical (unpaired) electrons. The third-order valence-electron chi connectivity index (χ3n) is 4.42. The maximum atomic E-state index is 13.6. The molecule has 1 aliphatic heterocycles. The Morgan fingerprint density at radius 3 is 2.56 bits per heavy atom. The number of amides is 1. The van der Waals surface area contributed by atoms with Crippen molar-refractivity contribution >= 4 is 28.9 Å². The van der Waals surface area contributed by atoms with Gasteiger partial charge in [0, 0.05) is 30.4 Å². The average molecular weight is 397 g/mol. The molecule has 1 N–H and O–H groups in total. The molecule has 0 saturated carbocycles. The summed E-state index contributed by atoms with van der Waals surface area (Å²) in [5.74, 6) is -1.34. The van der Waals surface area contributed by atoms with E-state index in [1.807, 2.05) is 0 Å². The van der Waals surface area contributed by atoms with Crippen molar-refractivity contribution in [2.45, 2.75) is 12.8 Å². The van der Waals surface area contributed by atoms with Crippen molar-refractivity contribution in [1.29, 1.82) is 0 Å². The van der Waals surface area contributed by atoms with Crippen LogP contribution in [0.5, 0.6) is 11.5 Å². The normalized spacial score (nSPS) is 13.1. The number of rotatable bonds is 5. The fourth-order valence-corrected chi connectivity index (χ4v) is 3.37. The van der Waals surface area contributed by atoms with Crippen molar-refractivity contribution in [2.24, 2.45) is 0 Å². The van der Waals surface area contributed by atoms with E-state index in [-0.39, 0.29) is 12.5 Å². The fraction of sp³-hybridized carbons (Fsp3) is 0.316. The van der Waals surface area contributed by atoms with Gasteiger partial charge in [-0.3, -0.25) is 4.79 Å². The number of ether oxygens (including phenoxy) is 2. The van der Waals surface area contributed by atoms with Crippen LogP contribution in [0.25, 0.3) is 0 Å². The SMILES string of the molecule is COc1cc(NC(=O)CN2CCCc3cc(F)c(F)cc32)c(OC)cc1Cl. The Labute approximate surface area is 160 Å². The quantitative estimate of drug-likeness (QED) is 0.829. The largest absolute Gasteiger partial charge is 0.495 e. The maximum Gasteiger partial charge on any atom is 0.243 e. The molecule has 0 spiro atoms. The summed E-state index contributed by atoms with van der Waals surface area (Å²) in [6.45, 7) is 0.568. The smallest absolute Gasteiger partial charge is 0.243 e. The number of nitrogens with one attached hydrogen (secondary N) is 1. The lowest BCUT2D eigenvalue weighted by atomic mass is 10.0. The minimum atomic E-state index is -0.926. The first-order valence-corrected chi connectivity index (χ1v) is 8.75. The van der Waals surface area contributed by atoms with Crippen LogP contribution in [-0.4, -0.2) is 33.2 Å². The lowest BCUT2D eigenvalue weighted by molar-refractivity contribution is -0.115. The van der Waals surface area contributed by atoms with Crippen molar-refractivity contribution in [3.8, 4) is 11.5 Å². The molecule has 8 heteroatoms. The molecule has 0 saturated heterocycles. The number of hydrogen-bond donors (Lipinski definition) is 1.